The number of rotatable bonds is 7. The zero-order chi connectivity index (χ0) is 18.6. The Bertz CT molecular complexity index is 884. The molecule has 0 spiro atoms. The molecule has 0 atom stereocenters. The first kappa shape index (κ1) is 25.1. The summed E-state index contributed by atoms with van der Waals surface area (Å²) in [6.07, 6.45) is 0. The Morgan fingerprint density at radius 2 is 1.96 bits per heavy atom. The maximum absolute atomic E-state index is 12.5. The van der Waals surface area contributed by atoms with Gasteiger partial charge in [0.1, 0.15) is 4.88 Å². The fourth-order valence-electron chi connectivity index (χ4n) is 2.85. The first-order valence-corrected chi connectivity index (χ1v) is 10.9. The third-order valence-corrected chi connectivity index (χ3v) is 6.76. The number of ether oxygens (including phenoxy) is 1. The standard InChI is InChI=1S/C17H23N3O4S2.2ClH/c1-2-24-17(21)16-12-13-11-14(3-4-15(13)25-16)26(22,23)19-7-10-20-8-5-18-6-9-20;;/h3-4,11-12,18-19H,2,5-10H2,1H3;2*1H. The van der Waals surface area contributed by atoms with Crippen LogP contribution in [-0.2, 0) is 14.8 Å². The molecule has 0 aliphatic carbocycles. The molecule has 0 amide bonds. The van der Waals surface area contributed by atoms with E-state index < -0.39 is 10.0 Å². The van der Waals surface area contributed by atoms with Crippen LogP contribution in [-0.4, -0.2) is 65.2 Å². The molecule has 1 aromatic carbocycles. The zero-order valence-corrected chi connectivity index (χ0v) is 18.7. The maximum atomic E-state index is 12.5. The summed E-state index contributed by atoms with van der Waals surface area (Å²) in [7, 11) is -3.58. The van der Waals surface area contributed by atoms with Gasteiger partial charge in [-0.05, 0) is 36.6 Å². The fraction of sp³-hybridized carbons (Fsp3) is 0.471. The van der Waals surface area contributed by atoms with E-state index in [4.69, 9.17) is 4.74 Å². The number of esters is 1. The molecule has 1 aliphatic rings. The van der Waals surface area contributed by atoms with Gasteiger partial charge in [0.25, 0.3) is 0 Å². The highest BCUT2D eigenvalue weighted by Crippen LogP contribution is 2.28. The van der Waals surface area contributed by atoms with E-state index in [-0.39, 0.29) is 35.7 Å². The smallest absolute Gasteiger partial charge is 0.348 e. The number of hydrogen-bond acceptors (Lipinski definition) is 7. The third-order valence-electron chi connectivity index (χ3n) is 4.20. The number of carbonyl (C=O) groups is 1. The van der Waals surface area contributed by atoms with Gasteiger partial charge in [0.2, 0.25) is 10.0 Å². The van der Waals surface area contributed by atoms with Gasteiger partial charge >= 0.3 is 5.97 Å². The molecule has 28 heavy (non-hydrogen) atoms. The van der Waals surface area contributed by atoms with Gasteiger partial charge in [-0.2, -0.15) is 0 Å². The highest BCUT2D eigenvalue weighted by molar-refractivity contribution is 7.89. The molecule has 3 rings (SSSR count). The molecule has 158 valence electrons. The number of piperazine rings is 1. The predicted molar refractivity (Wildman–Crippen MR) is 117 cm³/mol. The fourth-order valence-corrected chi connectivity index (χ4v) is 4.84. The lowest BCUT2D eigenvalue weighted by atomic mass is 10.2. The number of nitrogens with one attached hydrogen (secondary N) is 2. The second-order valence-electron chi connectivity index (χ2n) is 6.02. The lowest BCUT2D eigenvalue weighted by molar-refractivity contribution is 0.0532. The van der Waals surface area contributed by atoms with Gasteiger partial charge in [0, 0.05) is 44.0 Å². The number of fused-ring (bicyclic) bond motifs is 1. The number of halogens is 2. The number of hydrogen-bond donors (Lipinski definition) is 2. The van der Waals surface area contributed by atoms with E-state index in [1.165, 1.54) is 11.3 Å². The van der Waals surface area contributed by atoms with Gasteiger partial charge in [-0.3, -0.25) is 4.90 Å². The molecule has 7 nitrogen and oxygen atoms in total. The van der Waals surface area contributed by atoms with E-state index in [1.807, 2.05) is 0 Å². The largest absolute Gasteiger partial charge is 0.462 e. The minimum Gasteiger partial charge on any atom is -0.462 e. The highest BCUT2D eigenvalue weighted by atomic mass is 35.5. The Labute approximate surface area is 181 Å². The number of sulfonamides is 1. The predicted octanol–water partition coefficient (Wildman–Crippen LogP) is 2.11. The Kier molecular flexibility index (Phi) is 10.1. The minimum atomic E-state index is -3.58. The first-order valence-electron chi connectivity index (χ1n) is 8.63. The van der Waals surface area contributed by atoms with Crippen LogP contribution in [0.2, 0.25) is 0 Å². The number of thiophene rings is 1. The van der Waals surface area contributed by atoms with E-state index >= 15 is 0 Å². The molecule has 0 saturated carbocycles. The van der Waals surface area contributed by atoms with Gasteiger partial charge < -0.3 is 10.1 Å². The average molecular weight is 470 g/mol. The molecule has 1 fully saturated rings. The van der Waals surface area contributed by atoms with Crippen LogP contribution in [0.25, 0.3) is 10.1 Å². The summed E-state index contributed by atoms with van der Waals surface area (Å²) < 4.78 is 33.6. The lowest BCUT2D eigenvalue weighted by Gasteiger charge is -2.27. The molecule has 2 aromatic rings. The van der Waals surface area contributed by atoms with E-state index in [1.54, 1.807) is 31.2 Å². The topological polar surface area (TPSA) is 87.7 Å². The van der Waals surface area contributed by atoms with Crippen molar-refractivity contribution >= 4 is 62.2 Å². The molecule has 0 unspecified atom stereocenters. The van der Waals surface area contributed by atoms with Crippen LogP contribution in [0, 0.1) is 0 Å². The first-order chi connectivity index (χ1) is 12.5. The van der Waals surface area contributed by atoms with Crippen molar-refractivity contribution in [3.05, 3.63) is 29.1 Å². The van der Waals surface area contributed by atoms with Crippen molar-refractivity contribution in [1.82, 2.24) is 14.9 Å². The normalized spacial score (nSPS) is 14.9. The molecule has 1 saturated heterocycles. The Morgan fingerprint density at radius 3 is 2.64 bits per heavy atom. The van der Waals surface area contributed by atoms with Crippen LogP contribution in [0.4, 0.5) is 0 Å². The van der Waals surface area contributed by atoms with Crippen molar-refractivity contribution in [3.8, 4) is 0 Å². The summed E-state index contributed by atoms with van der Waals surface area (Å²) in [6.45, 7) is 6.85. The second kappa shape index (κ2) is 11.3. The van der Waals surface area contributed by atoms with E-state index in [9.17, 15) is 13.2 Å². The van der Waals surface area contributed by atoms with Crippen LogP contribution in [0.5, 0.6) is 0 Å². The lowest BCUT2D eigenvalue weighted by Crippen LogP contribution is -2.46. The van der Waals surface area contributed by atoms with Crippen molar-refractivity contribution in [3.63, 3.8) is 0 Å². The van der Waals surface area contributed by atoms with Gasteiger partial charge in [-0.25, -0.2) is 17.9 Å². The summed E-state index contributed by atoms with van der Waals surface area (Å²) in [5.41, 5.74) is 0. The number of nitrogens with zero attached hydrogens (tertiary/aromatic N) is 1. The van der Waals surface area contributed by atoms with Crippen LogP contribution < -0.4 is 10.0 Å². The molecule has 1 aliphatic heterocycles. The van der Waals surface area contributed by atoms with Crippen molar-refractivity contribution < 1.29 is 17.9 Å². The summed E-state index contributed by atoms with van der Waals surface area (Å²) in [5.74, 6) is -0.382. The number of carbonyl (C=O) groups excluding carboxylic acids is 1. The van der Waals surface area contributed by atoms with Crippen molar-refractivity contribution in [2.75, 3.05) is 45.9 Å². The Balaban J connectivity index is 0.00000196. The molecule has 0 bridgehead atoms. The number of benzene rings is 1. The third kappa shape index (κ3) is 6.28. The van der Waals surface area contributed by atoms with Gasteiger partial charge in [0.05, 0.1) is 11.5 Å². The molecule has 2 heterocycles. The summed E-state index contributed by atoms with van der Waals surface area (Å²) >= 11 is 1.30. The van der Waals surface area contributed by atoms with Crippen LogP contribution in [0.15, 0.2) is 29.2 Å². The van der Waals surface area contributed by atoms with E-state index in [2.05, 4.69) is 14.9 Å². The second-order valence-corrected chi connectivity index (χ2v) is 8.87. The summed E-state index contributed by atoms with van der Waals surface area (Å²) in [6, 6.07) is 6.58. The van der Waals surface area contributed by atoms with Crippen LogP contribution in [0.1, 0.15) is 16.6 Å². The van der Waals surface area contributed by atoms with E-state index in [0.717, 1.165) is 36.3 Å². The molecular formula is C17H25Cl2N3O4S2. The highest BCUT2D eigenvalue weighted by Gasteiger charge is 2.17. The van der Waals surface area contributed by atoms with Gasteiger partial charge in [0.15, 0.2) is 0 Å². The van der Waals surface area contributed by atoms with Crippen LogP contribution >= 0.6 is 36.2 Å². The molecule has 1 aromatic heterocycles. The van der Waals surface area contributed by atoms with Gasteiger partial charge in [-0.15, -0.1) is 36.2 Å². The zero-order valence-electron chi connectivity index (χ0n) is 15.5. The van der Waals surface area contributed by atoms with Crippen molar-refractivity contribution in [2.24, 2.45) is 0 Å². The monoisotopic (exact) mass is 469 g/mol. The average Bonchev–Trinajstić information content (AvgIpc) is 3.06. The molecule has 2 N–H and O–H groups in total. The Morgan fingerprint density at radius 1 is 1.25 bits per heavy atom. The van der Waals surface area contributed by atoms with Gasteiger partial charge in [-0.1, -0.05) is 0 Å². The minimum absolute atomic E-state index is 0. The van der Waals surface area contributed by atoms with Crippen LogP contribution in [0.3, 0.4) is 0 Å². The van der Waals surface area contributed by atoms with Crippen molar-refractivity contribution in [2.45, 2.75) is 11.8 Å². The van der Waals surface area contributed by atoms with E-state index in [0.29, 0.717) is 24.6 Å². The molecular weight excluding hydrogens is 445 g/mol. The Hall–Kier alpha value is -0.940. The maximum Gasteiger partial charge on any atom is 0.348 e. The molecule has 11 heteroatoms. The quantitative estimate of drug-likeness (QED) is 0.603. The van der Waals surface area contributed by atoms with Crippen molar-refractivity contribution in [1.29, 1.82) is 0 Å². The SMILES string of the molecule is CCOC(=O)c1cc2cc(S(=O)(=O)NCCN3CCNCC3)ccc2s1.Cl.Cl. The summed E-state index contributed by atoms with van der Waals surface area (Å²) in [4.78, 5) is 14.7. The molecule has 0 radical (unpaired) electrons. The summed E-state index contributed by atoms with van der Waals surface area (Å²) in [5, 5.41) is 3.99.